The molecule has 3 nitrogen and oxygen atoms in total. The topological polar surface area (TPSA) is 32.7 Å². The van der Waals surface area contributed by atoms with Gasteiger partial charge in [0, 0.05) is 5.70 Å². The van der Waals surface area contributed by atoms with Crippen LogP contribution in [-0.2, 0) is 4.79 Å². The second kappa shape index (κ2) is 5.70. The van der Waals surface area contributed by atoms with E-state index < -0.39 is 0 Å². The first-order valence-electron chi connectivity index (χ1n) is 6.38. The number of rotatable bonds is 3. The van der Waals surface area contributed by atoms with Crippen molar-refractivity contribution in [3.63, 3.8) is 0 Å². The van der Waals surface area contributed by atoms with Crippen LogP contribution in [0, 0.1) is 5.41 Å². The van der Waals surface area contributed by atoms with Gasteiger partial charge in [0.1, 0.15) is 5.84 Å². The first-order valence-corrected chi connectivity index (χ1v) is 6.38. The van der Waals surface area contributed by atoms with Gasteiger partial charge in [0.05, 0.1) is 12.0 Å². The molecular weight excluding hydrogens is 248 g/mol. The maximum Gasteiger partial charge on any atom is 0.240 e. The van der Waals surface area contributed by atoms with E-state index in [9.17, 15) is 4.79 Å². The van der Waals surface area contributed by atoms with Crippen molar-refractivity contribution in [2.24, 2.45) is 10.4 Å². The molecule has 2 aliphatic heterocycles. The van der Waals surface area contributed by atoms with Crippen molar-refractivity contribution < 1.29 is 4.79 Å². The minimum atomic E-state index is -0.279. The zero-order chi connectivity index (χ0) is 12.5. The number of amides is 1. The zero-order valence-electron chi connectivity index (χ0n) is 11.3. The van der Waals surface area contributed by atoms with Crippen molar-refractivity contribution in [3.05, 3.63) is 23.9 Å². The number of amidine groups is 1. The number of hydrogen-bond donors (Lipinski definition) is 0. The molecule has 0 aliphatic carbocycles. The Hall–Kier alpha value is -1.09. The van der Waals surface area contributed by atoms with Crippen molar-refractivity contribution in [1.82, 2.24) is 4.90 Å². The summed E-state index contributed by atoms with van der Waals surface area (Å²) >= 11 is 0. The van der Waals surface area contributed by atoms with E-state index in [1.165, 1.54) is 0 Å². The van der Waals surface area contributed by atoms with Crippen LogP contribution in [0.3, 0.4) is 0 Å². The van der Waals surface area contributed by atoms with Crippen molar-refractivity contribution in [1.29, 1.82) is 0 Å². The molecule has 0 spiro atoms. The third-order valence-electron chi connectivity index (χ3n) is 3.77. The Balaban J connectivity index is 0.00000162. The molecule has 0 fully saturated rings. The van der Waals surface area contributed by atoms with Crippen molar-refractivity contribution in [2.75, 3.05) is 6.54 Å². The maximum absolute atomic E-state index is 12.7. The summed E-state index contributed by atoms with van der Waals surface area (Å²) in [5.41, 5.74) is 0.698. The van der Waals surface area contributed by atoms with Crippen LogP contribution < -0.4 is 0 Å². The number of halogens is 1. The lowest BCUT2D eigenvalue weighted by molar-refractivity contribution is -0.137. The molecule has 2 heterocycles. The van der Waals surface area contributed by atoms with E-state index in [-0.39, 0.29) is 23.7 Å². The number of nitrogens with zero attached hydrogens (tertiary/aromatic N) is 2. The minimum Gasteiger partial charge on any atom is -0.273 e. The maximum atomic E-state index is 12.7. The molecule has 0 saturated heterocycles. The van der Waals surface area contributed by atoms with Crippen molar-refractivity contribution in [3.8, 4) is 0 Å². The highest BCUT2D eigenvalue weighted by Crippen LogP contribution is 2.36. The number of allylic oxidation sites excluding steroid dienone is 3. The van der Waals surface area contributed by atoms with Gasteiger partial charge in [-0.2, -0.15) is 0 Å². The van der Waals surface area contributed by atoms with Gasteiger partial charge in [-0.05, 0) is 31.9 Å². The summed E-state index contributed by atoms with van der Waals surface area (Å²) in [4.78, 5) is 19.1. The summed E-state index contributed by atoms with van der Waals surface area (Å²) in [6.45, 7) is 6.82. The normalized spacial score (nSPS) is 26.2. The van der Waals surface area contributed by atoms with Gasteiger partial charge in [-0.25, -0.2) is 0 Å². The molecule has 1 unspecified atom stereocenters. The highest BCUT2D eigenvalue weighted by Gasteiger charge is 2.43. The number of carbonyl (C=O) groups excluding carboxylic acids is 1. The summed E-state index contributed by atoms with van der Waals surface area (Å²) in [7, 11) is 0. The molecule has 18 heavy (non-hydrogen) atoms. The van der Waals surface area contributed by atoms with E-state index in [0.29, 0.717) is 6.54 Å². The van der Waals surface area contributed by atoms with Crippen LogP contribution in [0.2, 0.25) is 0 Å². The molecule has 0 N–H and O–H groups in total. The smallest absolute Gasteiger partial charge is 0.240 e. The van der Waals surface area contributed by atoms with E-state index in [0.717, 1.165) is 30.8 Å². The second-order valence-corrected chi connectivity index (χ2v) is 4.87. The van der Waals surface area contributed by atoms with E-state index >= 15 is 0 Å². The van der Waals surface area contributed by atoms with E-state index in [1.54, 1.807) is 4.90 Å². The molecule has 0 radical (unpaired) electrons. The van der Waals surface area contributed by atoms with Crippen LogP contribution >= 0.6 is 12.4 Å². The molecule has 0 aromatic heterocycles. The number of carbonyl (C=O) groups is 1. The van der Waals surface area contributed by atoms with Crippen LogP contribution in [0.25, 0.3) is 0 Å². The molecule has 4 heteroatoms. The Labute approximate surface area is 115 Å². The minimum absolute atomic E-state index is 0. The zero-order valence-corrected chi connectivity index (χ0v) is 12.1. The van der Waals surface area contributed by atoms with E-state index in [4.69, 9.17) is 0 Å². The highest BCUT2D eigenvalue weighted by atomic mass is 35.5. The van der Waals surface area contributed by atoms with Gasteiger partial charge >= 0.3 is 0 Å². The molecule has 0 aromatic rings. The highest BCUT2D eigenvalue weighted by molar-refractivity contribution is 6.10. The number of aliphatic imine (C=N–C) groups is 1. The average Bonchev–Trinajstić information content (AvgIpc) is 2.33. The second-order valence-electron chi connectivity index (χ2n) is 4.87. The van der Waals surface area contributed by atoms with Crippen LogP contribution in [-0.4, -0.2) is 23.2 Å². The molecule has 1 atom stereocenters. The van der Waals surface area contributed by atoms with Crippen LogP contribution in [0.1, 0.15) is 40.0 Å². The Morgan fingerprint density at radius 2 is 2.17 bits per heavy atom. The summed E-state index contributed by atoms with van der Waals surface area (Å²) in [5, 5.41) is 0. The standard InChI is InChI=1S/C14H20N2O.ClH/c1-4-9-14(5-2)10-15-12-8-6-7-11(3)16(12)13(14)17;/h6-8H,4-5,9-10H2,1-3H3;1H. The fraction of sp³-hybridized carbons (Fsp3) is 0.571. The SMILES string of the molecule is CCCC1(CC)CN=C2C=CC=C(C)N2C1=O.Cl. The van der Waals surface area contributed by atoms with Gasteiger partial charge in [-0.3, -0.25) is 14.7 Å². The van der Waals surface area contributed by atoms with Gasteiger partial charge in [0.2, 0.25) is 5.91 Å². The van der Waals surface area contributed by atoms with Gasteiger partial charge in [-0.15, -0.1) is 12.4 Å². The van der Waals surface area contributed by atoms with Gasteiger partial charge in [-0.1, -0.05) is 26.3 Å². The molecule has 1 amide bonds. The fourth-order valence-electron chi connectivity index (χ4n) is 2.63. The van der Waals surface area contributed by atoms with Crippen LogP contribution in [0.4, 0.5) is 0 Å². The van der Waals surface area contributed by atoms with Gasteiger partial charge < -0.3 is 0 Å². The molecule has 2 rings (SSSR count). The summed E-state index contributed by atoms with van der Waals surface area (Å²) < 4.78 is 0. The molecular formula is C14H21ClN2O. The lowest BCUT2D eigenvalue weighted by atomic mass is 9.78. The largest absolute Gasteiger partial charge is 0.273 e. The lowest BCUT2D eigenvalue weighted by Crippen LogP contribution is -2.51. The average molecular weight is 269 g/mol. The molecule has 0 aromatic carbocycles. The molecule has 2 aliphatic rings. The molecule has 0 bridgehead atoms. The monoisotopic (exact) mass is 268 g/mol. The Kier molecular flexibility index (Phi) is 4.74. The lowest BCUT2D eigenvalue weighted by Gasteiger charge is -2.40. The summed E-state index contributed by atoms with van der Waals surface area (Å²) in [6, 6.07) is 0. The third kappa shape index (κ3) is 2.24. The summed E-state index contributed by atoms with van der Waals surface area (Å²) in [5.74, 6) is 1.03. The number of hydrogen-bond acceptors (Lipinski definition) is 2. The third-order valence-corrected chi connectivity index (χ3v) is 3.77. The first-order chi connectivity index (χ1) is 8.14. The van der Waals surface area contributed by atoms with Gasteiger partial charge in [0.25, 0.3) is 0 Å². The summed E-state index contributed by atoms with van der Waals surface area (Å²) in [6.07, 6.45) is 8.65. The van der Waals surface area contributed by atoms with E-state index in [1.807, 2.05) is 25.2 Å². The quantitative estimate of drug-likeness (QED) is 0.773. The van der Waals surface area contributed by atoms with Crippen LogP contribution in [0.5, 0.6) is 0 Å². The molecule has 0 saturated carbocycles. The number of fused-ring (bicyclic) bond motifs is 1. The molecule has 100 valence electrons. The fourth-order valence-corrected chi connectivity index (χ4v) is 2.63. The van der Waals surface area contributed by atoms with E-state index in [2.05, 4.69) is 18.8 Å². The first kappa shape index (κ1) is 15.0. The van der Waals surface area contributed by atoms with Crippen molar-refractivity contribution >= 4 is 24.1 Å². The Morgan fingerprint density at radius 1 is 1.44 bits per heavy atom. The predicted octanol–water partition coefficient (Wildman–Crippen LogP) is 3.32. The Bertz CT molecular complexity index is 426. The Morgan fingerprint density at radius 3 is 2.78 bits per heavy atom. The van der Waals surface area contributed by atoms with Gasteiger partial charge in [0.15, 0.2) is 0 Å². The van der Waals surface area contributed by atoms with Crippen LogP contribution in [0.15, 0.2) is 28.9 Å². The predicted molar refractivity (Wildman–Crippen MR) is 76.9 cm³/mol. The van der Waals surface area contributed by atoms with Crippen molar-refractivity contribution in [2.45, 2.75) is 40.0 Å².